The van der Waals surface area contributed by atoms with E-state index in [1.807, 2.05) is 23.1 Å². The van der Waals surface area contributed by atoms with Crippen LogP contribution in [-0.4, -0.2) is 77.0 Å². The average Bonchev–Trinajstić information content (AvgIpc) is 3.29. The molecule has 4 amide bonds. The standard InChI is InChI=1S/C20H26ClN5O3S/c1-24-17-15(19(28)25(2)20(24)29)18(30-11-14(27)26-9-5-6-10-26)23-16(22-17)12-7-3-4-8-13(12)21/h3-4,7-8,15-18,22-23H,5-6,9-11H2,1-2H3. The third-order valence-corrected chi connectivity index (χ3v) is 7.56. The van der Waals surface area contributed by atoms with Gasteiger partial charge in [0.1, 0.15) is 0 Å². The molecule has 4 unspecified atom stereocenters. The van der Waals surface area contributed by atoms with E-state index in [2.05, 4.69) is 10.6 Å². The van der Waals surface area contributed by atoms with Crippen molar-refractivity contribution in [2.24, 2.45) is 5.92 Å². The molecule has 10 heteroatoms. The number of carbonyl (C=O) groups is 3. The summed E-state index contributed by atoms with van der Waals surface area (Å²) in [7, 11) is 3.18. The molecule has 0 saturated carbocycles. The number of urea groups is 1. The highest BCUT2D eigenvalue weighted by atomic mass is 35.5. The Morgan fingerprint density at radius 1 is 1.17 bits per heavy atom. The second-order valence-electron chi connectivity index (χ2n) is 7.87. The second-order valence-corrected chi connectivity index (χ2v) is 9.41. The van der Waals surface area contributed by atoms with Crippen molar-refractivity contribution in [1.29, 1.82) is 0 Å². The van der Waals surface area contributed by atoms with Crippen LogP contribution < -0.4 is 10.6 Å². The molecule has 30 heavy (non-hydrogen) atoms. The maximum Gasteiger partial charge on any atom is 0.327 e. The van der Waals surface area contributed by atoms with Crippen LogP contribution in [0.3, 0.4) is 0 Å². The number of hydrogen-bond donors (Lipinski definition) is 2. The lowest BCUT2D eigenvalue weighted by Gasteiger charge is -2.50. The summed E-state index contributed by atoms with van der Waals surface area (Å²) in [6, 6.07) is 7.10. The summed E-state index contributed by atoms with van der Waals surface area (Å²) in [4.78, 5) is 42.7. The molecule has 2 N–H and O–H groups in total. The van der Waals surface area contributed by atoms with Gasteiger partial charge in [0.05, 0.1) is 29.4 Å². The molecule has 4 rings (SSSR count). The van der Waals surface area contributed by atoms with Crippen molar-refractivity contribution in [3.05, 3.63) is 34.9 Å². The van der Waals surface area contributed by atoms with E-state index < -0.39 is 12.1 Å². The molecule has 0 spiro atoms. The first-order chi connectivity index (χ1) is 14.4. The van der Waals surface area contributed by atoms with Crippen LogP contribution in [0.25, 0.3) is 0 Å². The minimum atomic E-state index is -0.521. The molecule has 4 atom stereocenters. The summed E-state index contributed by atoms with van der Waals surface area (Å²) in [5.41, 5.74) is 0.835. The highest BCUT2D eigenvalue weighted by molar-refractivity contribution is 8.00. The fourth-order valence-corrected chi connectivity index (χ4v) is 5.76. The highest BCUT2D eigenvalue weighted by Crippen LogP contribution is 2.35. The summed E-state index contributed by atoms with van der Waals surface area (Å²) < 4.78 is 0. The first-order valence-corrected chi connectivity index (χ1v) is 11.5. The molecule has 3 saturated heterocycles. The number of likely N-dealkylation sites (tertiary alicyclic amines) is 1. The Bertz CT molecular complexity index is 849. The molecule has 3 aliphatic heterocycles. The Hall–Kier alpha value is -1.81. The SMILES string of the molecule is CN1C(=O)C2C(SCC(=O)N3CCCC3)NC(c3ccccc3Cl)NC2N(C)C1=O. The maximum absolute atomic E-state index is 13.0. The number of hydrogen-bond acceptors (Lipinski definition) is 6. The van der Waals surface area contributed by atoms with Gasteiger partial charge >= 0.3 is 6.03 Å². The van der Waals surface area contributed by atoms with E-state index in [4.69, 9.17) is 11.6 Å². The normalized spacial score (nSPS) is 29.4. The number of fused-ring (bicyclic) bond motifs is 1. The molecule has 0 aliphatic carbocycles. The summed E-state index contributed by atoms with van der Waals surface area (Å²) in [6.45, 7) is 1.60. The van der Waals surface area contributed by atoms with Gasteiger partial charge in [-0.05, 0) is 18.9 Å². The van der Waals surface area contributed by atoms with Crippen LogP contribution in [0.15, 0.2) is 24.3 Å². The van der Waals surface area contributed by atoms with Gasteiger partial charge in [-0.3, -0.25) is 25.1 Å². The topological polar surface area (TPSA) is 85.0 Å². The molecule has 3 fully saturated rings. The monoisotopic (exact) mass is 451 g/mol. The van der Waals surface area contributed by atoms with Crippen molar-refractivity contribution in [3.8, 4) is 0 Å². The Morgan fingerprint density at radius 2 is 1.87 bits per heavy atom. The number of nitrogens with one attached hydrogen (secondary N) is 2. The third kappa shape index (κ3) is 3.91. The van der Waals surface area contributed by atoms with E-state index in [1.165, 1.54) is 18.8 Å². The molecule has 0 bridgehead atoms. The average molecular weight is 452 g/mol. The summed E-state index contributed by atoms with van der Waals surface area (Å²) in [6.07, 6.45) is 1.23. The molecule has 8 nitrogen and oxygen atoms in total. The second kappa shape index (κ2) is 8.74. The van der Waals surface area contributed by atoms with Crippen LogP contribution in [0.2, 0.25) is 5.02 Å². The van der Waals surface area contributed by atoms with E-state index in [9.17, 15) is 14.4 Å². The quantitative estimate of drug-likeness (QED) is 0.724. The Balaban J connectivity index is 1.59. The van der Waals surface area contributed by atoms with Crippen LogP contribution in [0.1, 0.15) is 24.6 Å². The van der Waals surface area contributed by atoms with Gasteiger partial charge in [0, 0.05) is 37.8 Å². The van der Waals surface area contributed by atoms with E-state index >= 15 is 0 Å². The van der Waals surface area contributed by atoms with Gasteiger partial charge in [0.15, 0.2) is 0 Å². The van der Waals surface area contributed by atoms with Crippen molar-refractivity contribution in [2.75, 3.05) is 32.9 Å². The molecular formula is C20H26ClN5O3S. The van der Waals surface area contributed by atoms with Crippen LogP contribution in [0.4, 0.5) is 4.79 Å². The van der Waals surface area contributed by atoms with Crippen LogP contribution in [0.5, 0.6) is 0 Å². The predicted molar refractivity (Wildman–Crippen MR) is 116 cm³/mol. The largest absolute Gasteiger partial charge is 0.342 e. The minimum absolute atomic E-state index is 0.0877. The number of carbonyl (C=O) groups excluding carboxylic acids is 3. The van der Waals surface area contributed by atoms with E-state index in [-0.39, 0.29) is 35.1 Å². The Kier molecular flexibility index (Phi) is 6.24. The van der Waals surface area contributed by atoms with Crippen molar-refractivity contribution in [3.63, 3.8) is 0 Å². The van der Waals surface area contributed by atoms with Gasteiger partial charge in [-0.15, -0.1) is 11.8 Å². The number of rotatable bonds is 4. The van der Waals surface area contributed by atoms with Crippen molar-refractivity contribution in [2.45, 2.75) is 30.5 Å². The Labute approximate surface area is 185 Å². The number of imide groups is 1. The van der Waals surface area contributed by atoms with Crippen LogP contribution in [0, 0.1) is 5.92 Å². The molecule has 1 aromatic carbocycles. The van der Waals surface area contributed by atoms with Gasteiger partial charge in [-0.2, -0.15) is 0 Å². The third-order valence-electron chi connectivity index (χ3n) is 6.02. The summed E-state index contributed by atoms with van der Waals surface area (Å²) in [5.74, 6) is -0.408. The molecule has 1 aromatic rings. The van der Waals surface area contributed by atoms with Crippen molar-refractivity contribution < 1.29 is 14.4 Å². The number of nitrogens with zero attached hydrogens (tertiary/aromatic N) is 3. The molecule has 162 valence electrons. The number of thioether (sulfide) groups is 1. The van der Waals surface area contributed by atoms with E-state index in [0.717, 1.165) is 36.4 Å². The highest BCUT2D eigenvalue weighted by Gasteiger charge is 2.51. The number of benzene rings is 1. The lowest BCUT2D eigenvalue weighted by atomic mass is 9.96. The molecular weight excluding hydrogens is 426 g/mol. The zero-order valence-electron chi connectivity index (χ0n) is 17.0. The van der Waals surface area contributed by atoms with Crippen molar-refractivity contribution >= 4 is 41.2 Å². The lowest BCUT2D eigenvalue weighted by Crippen LogP contribution is -2.72. The first kappa shape index (κ1) is 21.4. The summed E-state index contributed by atoms with van der Waals surface area (Å²) in [5, 5.41) is 7.06. The van der Waals surface area contributed by atoms with E-state index in [0.29, 0.717) is 5.02 Å². The number of halogens is 1. The molecule has 0 aromatic heterocycles. The zero-order valence-corrected chi connectivity index (χ0v) is 18.6. The zero-order chi connectivity index (χ0) is 21.4. The lowest BCUT2D eigenvalue weighted by molar-refractivity contribution is -0.140. The van der Waals surface area contributed by atoms with Gasteiger partial charge in [-0.25, -0.2) is 4.79 Å². The molecule has 0 radical (unpaired) electrons. The minimum Gasteiger partial charge on any atom is -0.342 e. The Morgan fingerprint density at radius 3 is 2.57 bits per heavy atom. The fraction of sp³-hybridized carbons (Fsp3) is 0.550. The predicted octanol–water partition coefficient (Wildman–Crippen LogP) is 1.68. The maximum atomic E-state index is 13.0. The van der Waals surface area contributed by atoms with E-state index in [1.54, 1.807) is 18.0 Å². The molecule has 3 aliphatic rings. The van der Waals surface area contributed by atoms with Crippen LogP contribution >= 0.6 is 23.4 Å². The van der Waals surface area contributed by atoms with Crippen molar-refractivity contribution in [1.82, 2.24) is 25.3 Å². The van der Waals surface area contributed by atoms with Crippen LogP contribution in [-0.2, 0) is 9.59 Å². The molecule has 3 heterocycles. The van der Waals surface area contributed by atoms with Gasteiger partial charge in [0.25, 0.3) is 0 Å². The summed E-state index contributed by atoms with van der Waals surface area (Å²) >= 11 is 7.83. The van der Waals surface area contributed by atoms with Gasteiger partial charge in [-0.1, -0.05) is 29.8 Å². The smallest absolute Gasteiger partial charge is 0.327 e. The number of amides is 4. The van der Waals surface area contributed by atoms with Gasteiger partial charge in [0.2, 0.25) is 11.8 Å². The van der Waals surface area contributed by atoms with Gasteiger partial charge < -0.3 is 9.80 Å². The fourth-order valence-electron chi connectivity index (χ4n) is 4.31. The first-order valence-electron chi connectivity index (χ1n) is 10.1.